The minimum atomic E-state index is 0.706. The molecule has 0 aliphatic carbocycles. The molecule has 1 aromatic carbocycles. The summed E-state index contributed by atoms with van der Waals surface area (Å²) in [5.74, 6) is 1.46. The molecule has 0 saturated carbocycles. The fourth-order valence-corrected chi connectivity index (χ4v) is 1.56. The molecular weight excluding hydrogens is 200 g/mol. The number of rotatable bonds is 5. The van der Waals surface area contributed by atoms with Gasteiger partial charge >= 0.3 is 0 Å². The summed E-state index contributed by atoms with van der Waals surface area (Å²) in [6.07, 6.45) is 3.86. The predicted octanol–water partition coefficient (Wildman–Crippen LogP) is 3.00. The molecule has 1 heterocycles. The molecule has 3 heteroatoms. The predicted molar refractivity (Wildman–Crippen MR) is 62.2 cm³/mol. The second-order valence-electron chi connectivity index (χ2n) is 3.86. The SMILES string of the molecule is CCCCc1nnc(Cc2ccccc2)o1. The summed E-state index contributed by atoms with van der Waals surface area (Å²) in [4.78, 5) is 0. The fourth-order valence-electron chi connectivity index (χ4n) is 1.56. The van der Waals surface area contributed by atoms with Crippen LogP contribution in [0, 0.1) is 0 Å². The van der Waals surface area contributed by atoms with Gasteiger partial charge in [-0.3, -0.25) is 0 Å². The summed E-state index contributed by atoms with van der Waals surface area (Å²) in [5, 5.41) is 8.08. The van der Waals surface area contributed by atoms with E-state index in [1.54, 1.807) is 0 Å². The molecule has 0 bridgehead atoms. The largest absolute Gasteiger partial charge is 0.425 e. The van der Waals surface area contributed by atoms with Crippen molar-refractivity contribution in [2.24, 2.45) is 0 Å². The number of unbranched alkanes of at least 4 members (excludes halogenated alkanes) is 1. The summed E-state index contributed by atoms with van der Waals surface area (Å²) in [6, 6.07) is 10.2. The molecule has 1 aromatic heterocycles. The Morgan fingerprint density at radius 2 is 1.81 bits per heavy atom. The lowest BCUT2D eigenvalue weighted by Gasteiger charge is -1.95. The van der Waals surface area contributed by atoms with Gasteiger partial charge in [-0.15, -0.1) is 10.2 Å². The molecule has 0 aliphatic rings. The van der Waals surface area contributed by atoms with E-state index in [1.165, 1.54) is 5.56 Å². The molecule has 0 saturated heterocycles. The molecule has 0 spiro atoms. The summed E-state index contributed by atoms with van der Waals surface area (Å²) in [5.41, 5.74) is 1.20. The van der Waals surface area contributed by atoms with Crippen molar-refractivity contribution in [1.82, 2.24) is 10.2 Å². The van der Waals surface area contributed by atoms with E-state index in [-0.39, 0.29) is 0 Å². The minimum Gasteiger partial charge on any atom is -0.425 e. The number of hydrogen-bond acceptors (Lipinski definition) is 3. The lowest BCUT2D eigenvalue weighted by molar-refractivity contribution is 0.451. The molecule has 0 N–H and O–H groups in total. The fraction of sp³-hybridized carbons (Fsp3) is 0.385. The third-order valence-corrected chi connectivity index (χ3v) is 2.45. The van der Waals surface area contributed by atoms with Crippen LogP contribution in [0.4, 0.5) is 0 Å². The molecule has 0 atom stereocenters. The van der Waals surface area contributed by atoms with E-state index in [4.69, 9.17) is 4.42 Å². The Kier molecular flexibility index (Phi) is 3.70. The van der Waals surface area contributed by atoms with Crippen molar-refractivity contribution in [2.45, 2.75) is 32.6 Å². The second kappa shape index (κ2) is 5.45. The quantitative estimate of drug-likeness (QED) is 0.771. The first-order chi connectivity index (χ1) is 7.88. The van der Waals surface area contributed by atoms with Crippen LogP contribution in [0.3, 0.4) is 0 Å². The monoisotopic (exact) mass is 216 g/mol. The molecule has 3 nitrogen and oxygen atoms in total. The van der Waals surface area contributed by atoms with E-state index in [0.29, 0.717) is 5.89 Å². The third-order valence-electron chi connectivity index (χ3n) is 2.45. The number of nitrogens with zero attached hydrogens (tertiary/aromatic N) is 2. The van der Waals surface area contributed by atoms with Crippen LogP contribution in [0.2, 0.25) is 0 Å². The van der Waals surface area contributed by atoms with Gasteiger partial charge in [-0.2, -0.15) is 0 Å². The van der Waals surface area contributed by atoms with Gasteiger partial charge in [0.15, 0.2) is 0 Å². The van der Waals surface area contributed by atoms with Gasteiger partial charge in [0.1, 0.15) is 0 Å². The summed E-state index contributed by atoms with van der Waals surface area (Å²) >= 11 is 0. The van der Waals surface area contributed by atoms with Crippen LogP contribution in [0.25, 0.3) is 0 Å². The summed E-state index contributed by atoms with van der Waals surface area (Å²) < 4.78 is 5.57. The lowest BCUT2D eigenvalue weighted by Crippen LogP contribution is -1.87. The molecular formula is C13H16N2O. The molecule has 16 heavy (non-hydrogen) atoms. The molecule has 2 aromatic rings. The van der Waals surface area contributed by atoms with Gasteiger partial charge in [0.25, 0.3) is 0 Å². The molecule has 84 valence electrons. The average molecular weight is 216 g/mol. The van der Waals surface area contributed by atoms with Gasteiger partial charge < -0.3 is 4.42 Å². The van der Waals surface area contributed by atoms with Crippen molar-refractivity contribution in [3.05, 3.63) is 47.7 Å². The summed E-state index contributed by atoms with van der Waals surface area (Å²) in [7, 11) is 0. The van der Waals surface area contributed by atoms with Crippen LogP contribution in [0.5, 0.6) is 0 Å². The van der Waals surface area contributed by atoms with E-state index in [2.05, 4.69) is 29.3 Å². The maximum atomic E-state index is 5.57. The molecule has 0 amide bonds. The topological polar surface area (TPSA) is 38.9 Å². The Morgan fingerprint density at radius 1 is 1.06 bits per heavy atom. The van der Waals surface area contributed by atoms with Gasteiger partial charge in [-0.25, -0.2) is 0 Å². The Morgan fingerprint density at radius 3 is 2.56 bits per heavy atom. The highest BCUT2D eigenvalue weighted by Gasteiger charge is 2.05. The highest BCUT2D eigenvalue weighted by atomic mass is 16.4. The van der Waals surface area contributed by atoms with Gasteiger partial charge in [0, 0.05) is 6.42 Å². The normalized spacial score (nSPS) is 10.6. The first-order valence-corrected chi connectivity index (χ1v) is 5.73. The number of hydrogen-bond donors (Lipinski definition) is 0. The molecule has 0 aliphatic heterocycles. The first-order valence-electron chi connectivity index (χ1n) is 5.73. The van der Waals surface area contributed by atoms with Crippen molar-refractivity contribution in [1.29, 1.82) is 0 Å². The van der Waals surface area contributed by atoms with Crippen LogP contribution in [0.15, 0.2) is 34.7 Å². The van der Waals surface area contributed by atoms with Gasteiger partial charge in [-0.05, 0) is 12.0 Å². The van der Waals surface area contributed by atoms with Crippen molar-refractivity contribution in [3.63, 3.8) is 0 Å². The number of benzene rings is 1. The van der Waals surface area contributed by atoms with Crippen molar-refractivity contribution in [3.8, 4) is 0 Å². The smallest absolute Gasteiger partial charge is 0.220 e. The number of aromatic nitrogens is 2. The van der Waals surface area contributed by atoms with Gasteiger partial charge in [0.05, 0.1) is 6.42 Å². The standard InChI is InChI=1S/C13H16N2O/c1-2-3-9-12-14-15-13(16-12)10-11-7-5-4-6-8-11/h4-8H,2-3,9-10H2,1H3. The highest BCUT2D eigenvalue weighted by molar-refractivity contribution is 5.17. The number of aryl methyl sites for hydroxylation is 1. The zero-order valence-electron chi connectivity index (χ0n) is 9.52. The molecule has 0 fully saturated rings. The maximum Gasteiger partial charge on any atom is 0.220 e. The maximum absolute atomic E-state index is 5.57. The average Bonchev–Trinajstić information content (AvgIpc) is 2.75. The Labute approximate surface area is 95.5 Å². The molecule has 2 rings (SSSR count). The van der Waals surface area contributed by atoms with E-state index in [0.717, 1.165) is 31.6 Å². The zero-order chi connectivity index (χ0) is 11.2. The van der Waals surface area contributed by atoms with Gasteiger partial charge in [0.2, 0.25) is 11.8 Å². The van der Waals surface area contributed by atoms with E-state index < -0.39 is 0 Å². The van der Waals surface area contributed by atoms with E-state index in [1.807, 2.05) is 18.2 Å². The van der Waals surface area contributed by atoms with Crippen LogP contribution in [0.1, 0.15) is 37.1 Å². The van der Waals surface area contributed by atoms with Gasteiger partial charge in [-0.1, -0.05) is 43.7 Å². The van der Waals surface area contributed by atoms with Crippen molar-refractivity contribution < 1.29 is 4.42 Å². The summed E-state index contributed by atoms with van der Waals surface area (Å²) in [6.45, 7) is 2.15. The van der Waals surface area contributed by atoms with E-state index in [9.17, 15) is 0 Å². The van der Waals surface area contributed by atoms with Crippen LogP contribution in [-0.4, -0.2) is 10.2 Å². The third kappa shape index (κ3) is 2.92. The molecule has 0 radical (unpaired) electrons. The lowest BCUT2D eigenvalue weighted by atomic mass is 10.2. The minimum absolute atomic E-state index is 0.706. The molecule has 0 unspecified atom stereocenters. The highest BCUT2D eigenvalue weighted by Crippen LogP contribution is 2.09. The second-order valence-corrected chi connectivity index (χ2v) is 3.86. The van der Waals surface area contributed by atoms with Crippen molar-refractivity contribution in [2.75, 3.05) is 0 Å². The Balaban J connectivity index is 1.97. The van der Waals surface area contributed by atoms with Crippen LogP contribution >= 0.6 is 0 Å². The van der Waals surface area contributed by atoms with Crippen LogP contribution < -0.4 is 0 Å². The van der Waals surface area contributed by atoms with E-state index >= 15 is 0 Å². The Bertz CT molecular complexity index is 423. The Hall–Kier alpha value is -1.64. The van der Waals surface area contributed by atoms with Crippen LogP contribution in [-0.2, 0) is 12.8 Å². The zero-order valence-corrected chi connectivity index (χ0v) is 9.52. The van der Waals surface area contributed by atoms with Crippen molar-refractivity contribution >= 4 is 0 Å². The first kappa shape index (κ1) is 10.9.